The number of ether oxygens (including phenoxy) is 1. The second kappa shape index (κ2) is 3.62. The zero-order valence-corrected chi connectivity index (χ0v) is 8.51. The predicted octanol–water partition coefficient (Wildman–Crippen LogP) is 1.78. The number of hydrogen-bond donors (Lipinski definition) is 1. The van der Waals surface area contributed by atoms with Crippen LogP contribution < -0.4 is 0 Å². The number of nitrogens with zero attached hydrogens (tertiary/aromatic N) is 1. The predicted molar refractivity (Wildman–Crippen MR) is 53.3 cm³/mol. The highest BCUT2D eigenvalue weighted by atomic mass is 16.5. The Morgan fingerprint density at radius 2 is 2.27 bits per heavy atom. The van der Waals surface area contributed by atoms with Crippen LogP contribution in [0.3, 0.4) is 0 Å². The Hall–Kier alpha value is -1.42. The zero-order valence-electron chi connectivity index (χ0n) is 8.51. The molecule has 80 valence electrons. The van der Waals surface area contributed by atoms with Gasteiger partial charge in [0.15, 0.2) is 5.60 Å². The zero-order chi connectivity index (χ0) is 10.9. The minimum atomic E-state index is -1.03. The molecule has 2 unspecified atom stereocenters. The van der Waals surface area contributed by atoms with Gasteiger partial charge in [-0.2, -0.15) is 0 Å². The Balaban J connectivity index is 2.14. The summed E-state index contributed by atoms with van der Waals surface area (Å²) in [5.74, 6) is -0.890. The van der Waals surface area contributed by atoms with Gasteiger partial charge in [-0.3, -0.25) is 4.98 Å². The summed E-state index contributed by atoms with van der Waals surface area (Å²) >= 11 is 0. The topological polar surface area (TPSA) is 59.4 Å². The van der Waals surface area contributed by atoms with Crippen LogP contribution in [0, 0.1) is 0 Å². The van der Waals surface area contributed by atoms with Gasteiger partial charge in [-0.15, -0.1) is 0 Å². The minimum Gasteiger partial charge on any atom is -0.479 e. The van der Waals surface area contributed by atoms with Gasteiger partial charge < -0.3 is 9.84 Å². The van der Waals surface area contributed by atoms with E-state index in [1.807, 2.05) is 12.1 Å². The molecule has 0 amide bonds. The highest BCUT2D eigenvalue weighted by Gasteiger charge is 2.42. The lowest BCUT2D eigenvalue weighted by atomic mass is 10.0. The van der Waals surface area contributed by atoms with Crippen molar-refractivity contribution in [1.82, 2.24) is 4.98 Å². The third-order valence-corrected chi connectivity index (χ3v) is 2.82. The summed E-state index contributed by atoms with van der Waals surface area (Å²) in [5.41, 5.74) is -0.0384. The molecule has 0 spiro atoms. The van der Waals surface area contributed by atoms with Gasteiger partial charge in [0.1, 0.15) is 0 Å². The van der Waals surface area contributed by atoms with Crippen LogP contribution in [0.25, 0.3) is 0 Å². The number of carbonyl (C=O) groups is 1. The molecule has 2 atom stereocenters. The molecule has 1 aromatic rings. The molecular weight excluding hydrogens is 194 g/mol. The van der Waals surface area contributed by atoms with Gasteiger partial charge in [0, 0.05) is 12.4 Å². The molecule has 1 saturated heterocycles. The third-order valence-electron chi connectivity index (χ3n) is 2.82. The van der Waals surface area contributed by atoms with Crippen LogP contribution in [0.15, 0.2) is 24.5 Å². The summed E-state index contributed by atoms with van der Waals surface area (Å²) < 4.78 is 5.57. The normalized spacial score (nSPS) is 30.3. The highest BCUT2D eigenvalue weighted by molar-refractivity contribution is 5.77. The van der Waals surface area contributed by atoms with Gasteiger partial charge in [0.25, 0.3) is 0 Å². The van der Waals surface area contributed by atoms with Crippen LogP contribution in [0.4, 0.5) is 0 Å². The summed E-state index contributed by atoms with van der Waals surface area (Å²) in [6.07, 6.45) is 4.56. The highest BCUT2D eigenvalue weighted by Crippen LogP contribution is 2.39. The first-order valence-electron chi connectivity index (χ1n) is 4.93. The van der Waals surface area contributed by atoms with E-state index in [0.29, 0.717) is 6.42 Å². The van der Waals surface area contributed by atoms with Crippen molar-refractivity contribution in [2.45, 2.75) is 31.5 Å². The maximum absolute atomic E-state index is 11.0. The maximum Gasteiger partial charge on any atom is 0.335 e. The number of rotatable bonds is 2. The summed E-state index contributed by atoms with van der Waals surface area (Å²) in [5, 5.41) is 9.00. The minimum absolute atomic E-state index is 0.117. The number of carboxylic acids is 1. The first kappa shape index (κ1) is 10.1. The molecule has 1 aliphatic rings. The van der Waals surface area contributed by atoms with Crippen molar-refractivity contribution in [2.75, 3.05) is 0 Å². The summed E-state index contributed by atoms with van der Waals surface area (Å²) in [7, 11) is 0. The van der Waals surface area contributed by atoms with Crippen LogP contribution in [-0.4, -0.2) is 21.7 Å². The van der Waals surface area contributed by atoms with Gasteiger partial charge in [-0.05, 0) is 37.5 Å². The summed E-state index contributed by atoms with van der Waals surface area (Å²) in [4.78, 5) is 14.9. The van der Waals surface area contributed by atoms with E-state index >= 15 is 0 Å². The quantitative estimate of drug-likeness (QED) is 0.803. The SMILES string of the molecule is CC1(C(=O)O)CCC(c2ccncc2)O1. The first-order chi connectivity index (χ1) is 7.12. The standard InChI is InChI=1S/C11H13NO3/c1-11(10(13)14)5-2-9(15-11)8-3-6-12-7-4-8/h3-4,6-7,9H,2,5H2,1H3,(H,13,14). The van der Waals surface area contributed by atoms with E-state index in [1.165, 1.54) is 0 Å². The van der Waals surface area contributed by atoms with Crippen LogP contribution in [-0.2, 0) is 9.53 Å². The molecule has 4 heteroatoms. The van der Waals surface area contributed by atoms with Crippen LogP contribution in [0.5, 0.6) is 0 Å². The Labute approximate surface area is 87.9 Å². The molecule has 2 rings (SSSR count). The maximum atomic E-state index is 11.0. The van der Waals surface area contributed by atoms with Gasteiger partial charge in [0.2, 0.25) is 0 Å². The van der Waals surface area contributed by atoms with Gasteiger partial charge in [-0.25, -0.2) is 4.79 Å². The van der Waals surface area contributed by atoms with Crippen molar-refractivity contribution in [3.8, 4) is 0 Å². The van der Waals surface area contributed by atoms with Crippen LogP contribution >= 0.6 is 0 Å². The molecule has 1 aromatic heterocycles. The molecule has 0 aliphatic carbocycles. The van der Waals surface area contributed by atoms with Crippen molar-refractivity contribution in [1.29, 1.82) is 0 Å². The Morgan fingerprint density at radius 3 is 2.80 bits per heavy atom. The number of aromatic nitrogens is 1. The lowest BCUT2D eigenvalue weighted by molar-refractivity contribution is -0.161. The number of hydrogen-bond acceptors (Lipinski definition) is 3. The third kappa shape index (κ3) is 1.85. The van der Waals surface area contributed by atoms with E-state index in [2.05, 4.69) is 4.98 Å². The molecule has 0 aromatic carbocycles. The van der Waals surface area contributed by atoms with E-state index in [1.54, 1.807) is 19.3 Å². The largest absolute Gasteiger partial charge is 0.479 e. The lowest BCUT2D eigenvalue weighted by Gasteiger charge is -2.19. The number of pyridine rings is 1. The number of aliphatic carboxylic acids is 1. The number of carboxylic acid groups (broad SMARTS) is 1. The van der Waals surface area contributed by atoms with E-state index < -0.39 is 11.6 Å². The summed E-state index contributed by atoms with van der Waals surface area (Å²) in [6, 6.07) is 3.72. The van der Waals surface area contributed by atoms with Crippen molar-refractivity contribution in [2.24, 2.45) is 0 Å². The first-order valence-corrected chi connectivity index (χ1v) is 4.93. The fourth-order valence-corrected chi connectivity index (χ4v) is 1.81. The van der Waals surface area contributed by atoms with E-state index in [4.69, 9.17) is 9.84 Å². The molecule has 0 saturated carbocycles. The van der Waals surface area contributed by atoms with E-state index in [0.717, 1.165) is 12.0 Å². The van der Waals surface area contributed by atoms with Crippen molar-refractivity contribution < 1.29 is 14.6 Å². The Bertz CT molecular complexity index is 365. The average Bonchev–Trinajstić information content (AvgIpc) is 2.64. The second-order valence-corrected chi connectivity index (χ2v) is 3.96. The molecular formula is C11H13NO3. The molecule has 1 aliphatic heterocycles. The molecule has 2 heterocycles. The van der Waals surface area contributed by atoms with Crippen molar-refractivity contribution in [3.05, 3.63) is 30.1 Å². The van der Waals surface area contributed by atoms with Gasteiger partial charge in [0.05, 0.1) is 6.10 Å². The average molecular weight is 207 g/mol. The van der Waals surface area contributed by atoms with Gasteiger partial charge >= 0.3 is 5.97 Å². The van der Waals surface area contributed by atoms with Crippen LogP contribution in [0.2, 0.25) is 0 Å². The fourth-order valence-electron chi connectivity index (χ4n) is 1.81. The van der Waals surface area contributed by atoms with Crippen molar-refractivity contribution in [3.63, 3.8) is 0 Å². The monoisotopic (exact) mass is 207 g/mol. The van der Waals surface area contributed by atoms with E-state index in [9.17, 15) is 4.79 Å². The fraction of sp³-hybridized carbons (Fsp3) is 0.455. The lowest BCUT2D eigenvalue weighted by Crippen LogP contribution is -2.34. The van der Waals surface area contributed by atoms with Crippen molar-refractivity contribution >= 4 is 5.97 Å². The molecule has 4 nitrogen and oxygen atoms in total. The summed E-state index contributed by atoms with van der Waals surface area (Å²) in [6.45, 7) is 1.62. The second-order valence-electron chi connectivity index (χ2n) is 3.96. The molecule has 1 fully saturated rings. The van der Waals surface area contributed by atoms with E-state index in [-0.39, 0.29) is 6.10 Å². The molecule has 15 heavy (non-hydrogen) atoms. The molecule has 1 N–H and O–H groups in total. The molecule has 0 radical (unpaired) electrons. The smallest absolute Gasteiger partial charge is 0.335 e. The molecule has 0 bridgehead atoms. The van der Waals surface area contributed by atoms with Crippen LogP contribution in [0.1, 0.15) is 31.4 Å². The Morgan fingerprint density at radius 1 is 1.60 bits per heavy atom. The Kier molecular flexibility index (Phi) is 2.44. The van der Waals surface area contributed by atoms with Gasteiger partial charge in [-0.1, -0.05) is 0 Å².